The first-order chi connectivity index (χ1) is 7.86. The standard InChI is InChI=1S/C14H18OS/c15-13(14-8-4-5-11-16-14)10-9-12-6-2-1-3-7-12/h1-3,6-7,14H,4-5,8-11H2. The number of benzene rings is 1. The number of hydrogen-bond donors (Lipinski definition) is 0. The molecule has 2 rings (SSSR count). The van der Waals surface area contributed by atoms with Gasteiger partial charge >= 0.3 is 0 Å². The van der Waals surface area contributed by atoms with Crippen LogP contribution in [0.4, 0.5) is 0 Å². The molecule has 0 spiro atoms. The minimum Gasteiger partial charge on any atom is -0.298 e. The molecule has 1 aromatic carbocycles. The van der Waals surface area contributed by atoms with Crippen molar-refractivity contribution in [1.29, 1.82) is 0 Å². The van der Waals surface area contributed by atoms with E-state index in [1.807, 2.05) is 30.0 Å². The normalized spacial score (nSPS) is 20.6. The highest BCUT2D eigenvalue weighted by molar-refractivity contribution is 8.00. The fourth-order valence-corrected chi connectivity index (χ4v) is 3.36. The molecule has 0 radical (unpaired) electrons. The van der Waals surface area contributed by atoms with Crippen molar-refractivity contribution in [3.63, 3.8) is 0 Å². The molecule has 0 saturated carbocycles. The SMILES string of the molecule is O=C(CCc1ccccc1)C1CCCCS1. The Balaban J connectivity index is 1.79. The zero-order valence-corrected chi connectivity index (χ0v) is 10.3. The van der Waals surface area contributed by atoms with E-state index < -0.39 is 0 Å². The van der Waals surface area contributed by atoms with E-state index in [-0.39, 0.29) is 5.25 Å². The molecule has 1 aliphatic heterocycles. The summed E-state index contributed by atoms with van der Waals surface area (Å²) in [5, 5.41) is 0.289. The van der Waals surface area contributed by atoms with Gasteiger partial charge in [-0.1, -0.05) is 36.8 Å². The van der Waals surface area contributed by atoms with Crippen LogP contribution in [0.5, 0.6) is 0 Å². The lowest BCUT2D eigenvalue weighted by Crippen LogP contribution is -2.21. The summed E-state index contributed by atoms with van der Waals surface area (Å²) in [6.45, 7) is 0. The quantitative estimate of drug-likeness (QED) is 0.793. The fourth-order valence-electron chi connectivity index (χ4n) is 2.07. The molecule has 0 amide bonds. The van der Waals surface area contributed by atoms with Gasteiger partial charge in [-0.25, -0.2) is 0 Å². The van der Waals surface area contributed by atoms with Gasteiger partial charge in [-0.2, -0.15) is 11.8 Å². The summed E-state index contributed by atoms with van der Waals surface area (Å²) in [7, 11) is 0. The highest BCUT2D eigenvalue weighted by atomic mass is 32.2. The Labute approximate surface area is 102 Å². The number of hydrogen-bond acceptors (Lipinski definition) is 2. The molecule has 1 fully saturated rings. The lowest BCUT2D eigenvalue weighted by atomic mass is 10.0. The molecule has 1 heterocycles. The van der Waals surface area contributed by atoms with Crippen molar-refractivity contribution >= 4 is 17.5 Å². The number of rotatable bonds is 4. The topological polar surface area (TPSA) is 17.1 Å². The van der Waals surface area contributed by atoms with Crippen molar-refractivity contribution in [2.24, 2.45) is 0 Å². The third kappa shape index (κ3) is 3.38. The van der Waals surface area contributed by atoms with E-state index in [1.165, 1.54) is 24.2 Å². The smallest absolute Gasteiger partial charge is 0.146 e. The summed E-state index contributed by atoms with van der Waals surface area (Å²) in [6.07, 6.45) is 5.22. The van der Waals surface area contributed by atoms with E-state index in [1.54, 1.807) is 0 Å². The van der Waals surface area contributed by atoms with E-state index in [9.17, 15) is 4.79 Å². The van der Waals surface area contributed by atoms with Crippen LogP contribution in [0.15, 0.2) is 30.3 Å². The van der Waals surface area contributed by atoms with Gasteiger partial charge in [-0.3, -0.25) is 4.79 Å². The van der Waals surface area contributed by atoms with Crippen LogP contribution in [0.2, 0.25) is 0 Å². The molecule has 0 aromatic heterocycles. The lowest BCUT2D eigenvalue weighted by Gasteiger charge is -2.19. The van der Waals surface area contributed by atoms with Crippen LogP contribution >= 0.6 is 11.8 Å². The molecule has 1 aromatic rings. The van der Waals surface area contributed by atoms with Crippen molar-refractivity contribution in [1.82, 2.24) is 0 Å². The largest absolute Gasteiger partial charge is 0.298 e. The number of carbonyl (C=O) groups is 1. The average molecular weight is 234 g/mol. The van der Waals surface area contributed by atoms with E-state index in [0.717, 1.165) is 12.8 Å². The summed E-state index contributed by atoms with van der Waals surface area (Å²) in [4.78, 5) is 12.0. The minimum absolute atomic E-state index is 0.289. The first-order valence-corrected chi connectivity index (χ1v) is 7.09. The predicted molar refractivity (Wildman–Crippen MR) is 69.9 cm³/mol. The van der Waals surface area contributed by atoms with Gasteiger partial charge in [0.25, 0.3) is 0 Å². The van der Waals surface area contributed by atoms with Gasteiger partial charge in [-0.05, 0) is 30.6 Å². The van der Waals surface area contributed by atoms with Crippen LogP contribution in [-0.4, -0.2) is 16.8 Å². The van der Waals surface area contributed by atoms with Crippen LogP contribution in [0, 0.1) is 0 Å². The average Bonchev–Trinajstić information content (AvgIpc) is 2.38. The molecular weight excluding hydrogens is 216 g/mol. The Bertz CT molecular complexity index is 328. The van der Waals surface area contributed by atoms with Crippen LogP contribution in [-0.2, 0) is 11.2 Å². The summed E-state index contributed by atoms with van der Waals surface area (Å²) in [5.41, 5.74) is 1.27. The molecule has 2 heteroatoms. The van der Waals surface area contributed by atoms with E-state index in [2.05, 4.69) is 12.1 Å². The van der Waals surface area contributed by atoms with Gasteiger partial charge in [0.15, 0.2) is 0 Å². The van der Waals surface area contributed by atoms with Gasteiger partial charge in [0.05, 0.1) is 5.25 Å². The van der Waals surface area contributed by atoms with Crippen LogP contribution < -0.4 is 0 Å². The zero-order chi connectivity index (χ0) is 11.2. The van der Waals surface area contributed by atoms with Crippen molar-refractivity contribution in [2.45, 2.75) is 37.4 Å². The Morgan fingerprint density at radius 2 is 2.06 bits per heavy atom. The molecular formula is C14H18OS. The van der Waals surface area contributed by atoms with Crippen molar-refractivity contribution < 1.29 is 4.79 Å². The fraction of sp³-hybridized carbons (Fsp3) is 0.500. The van der Waals surface area contributed by atoms with Crippen LogP contribution in [0.3, 0.4) is 0 Å². The summed E-state index contributed by atoms with van der Waals surface area (Å²) < 4.78 is 0. The van der Waals surface area contributed by atoms with E-state index in [0.29, 0.717) is 12.2 Å². The number of ketones is 1. The van der Waals surface area contributed by atoms with Crippen molar-refractivity contribution in [3.05, 3.63) is 35.9 Å². The highest BCUT2D eigenvalue weighted by Crippen LogP contribution is 2.26. The van der Waals surface area contributed by atoms with Gasteiger partial charge in [0, 0.05) is 6.42 Å². The van der Waals surface area contributed by atoms with Gasteiger partial charge in [0.2, 0.25) is 0 Å². The van der Waals surface area contributed by atoms with Crippen LogP contribution in [0.1, 0.15) is 31.2 Å². The van der Waals surface area contributed by atoms with Crippen molar-refractivity contribution in [2.75, 3.05) is 5.75 Å². The monoisotopic (exact) mass is 234 g/mol. The molecule has 0 bridgehead atoms. The minimum atomic E-state index is 0.289. The number of carbonyl (C=O) groups excluding carboxylic acids is 1. The second-order valence-corrected chi connectivity index (χ2v) is 5.62. The molecule has 1 unspecified atom stereocenters. The predicted octanol–water partition coefficient (Wildman–Crippen LogP) is 3.47. The van der Waals surface area contributed by atoms with Gasteiger partial charge in [0.1, 0.15) is 5.78 Å². The maximum atomic E-state index is 12.0. The first kappa shape index (κ1) is 11.7. The molecule has 0 aliphatic carbocycles. The van der Waals surface area contributed by atoms with Gasteiger partial charge in [-0.15, -0.1) is 0 Å². The summed E-state index contributed by atoms with van der Waals surface area (Å²) in [6, 6.07) is 10.3. The Morgan fingerprint density at radius 3 is 2.75 bits per heavy atom. The number of aryl methyl sites for hydroxylation is 1. The maximum Gasteiger partial charge on any atom is 0.146 e. The molecule has 86 valence electrons. The number of Topliss-reactive ketones (excluding diaryl/α,β-unsaturated/α-hetero) is 1. The third-order valence-corrected chi connectivity index (χ3v) is 4.47. The summed E-state index contributed by atoms with van der Waals surface area (Å²) in [5.74, 6) is 1.62. The number of thioether (sulfide) groups is 1. The Morgan fingerprint density at radius 1 is 1.25 bits per heavy atom. The second kappa shape index (κ2) is 6.09. The molecule has 1 nitrogen and oxygen atoms in total. The summed E-state index contributed by atoms with van der Waals surface area (Å²) >= 11 is 1.86. The lowest BCUT2D eigenvalue weighted by molar-refractivity contribution is -0.118. The Hall–Kier alpha value is -0.760. The maximum absolute atomic E-state index is 12.0. The van der Waals surface area contributed by atoms with Gasteiger partial charge < -0.3 is 0 Å². The highest BCUT2D eigenvalue weighted by Gasteiger charge is 2.20. The van der Waals surface area contributed by atoms with Crippen LogP contribution in [0.25, 0.3) is 0 Å². The molecule has 1 saturated heterocycles. The molecule has 1 aliphatic rings. The third-order valence-electron chi connectivity index (χ3n) is 3.04. The molecule has 1 atom stereocenters. The second-order valence-electron chi connectivity index (χ2n) is 4.31. The zero-order valence-electron chi connectivity index (χ0n) is 9.52. The first-order valence-electron chi connectivity index (χ1n) is 6.04. The molecule has 16 heavy (non-hydrogen) atoms. The van der Waals surface area contributed by atoms with Crippen molar-refractivity contribution in [3.8, 4) is 0 Å². The molecule has 0 N–H and O–H groups in total. The van der Waals surface area contributed by atoms with E-state index >= 15 is 0 Å². The van der Waals surface area contributed by atoms with E-state index in [4.69, 9.17) is 0 Å². The Kier molecular flexibility index (Phi) is 4.46.